The van der Waals surface area contributed by atoms with E-state index in [-0.39, 0.29) is 118 Å². The molecule has 0 saturated carbocycles. The first-order valence-electron chi connectivity index (χ1n) is 38.9. The Hall–Kier alpha value is -1.06. The summed E-state index contributed by atoms with van der Waals surface area (Å²) < 4.78 is 434. The Morgan fingerprint density at radius 3 is 0.459 bits per heavy atom. The molecule has 352 valence electrons. The Labute approximate surface area is 582 Å². The molecule has 0 aromatic heterocycles. The van der Waals surface area contributed by atoms with Gasteiger partial charge in [-0.3, -0.25) is 0 Å². The second-order valence-electron chi connectivity index (χ2n) is 13.5. The van der Waals surface area contributed by atoms with Gasteiger partial charge in [-0.15, -0.1) is 0 Å². The van der Waals surface area contributed by atoms with Gasteiger partial charge in [0.25, 0.3) is 35.2 Å². The van der Waals surface area contributed by atoms with Gasteiger partial charge in [-0.25, -0.2) is 0 Å². The van der Waals surface area contributed by atoms with E-state index >= 15 is 19.2 Å². The molecule has 26 heteroatoms. The number of benzene rings is 8. The topological polar surface area (TPSA) is 185 Å². The first kappa shape index (κ1) is 26.7. The third kappa shape index (κ3) is 11.9. The second kappa shape index (κ2) is 24.7. The van der Waals surface area contributed by atoms with Gasteiger partial charge in [0.1, 0.15) is 0 Å². The third-order valence-electron chi connectivity index (χ3n) is 9.14. The maximum atomic E-state index is 18.3. The molecule has 74 heavy (non-hydrogen) atoms. The second-order valence-corrected chi connectivity index (χ2v) is 34.5. The van der Waals surface area contributed by atoms with Crippen LogP contribution in [-0.2, 0) is 41.2 Å². The normalized spacial score (nSPS) is 38.0. The van der Waals surface area contributed by atoms with Gasteiger partial charge in [-0.05, 0) is 20.7 Å². The van der Waals surface area contributed by atoms with Crippen molar-refractivity contribution in [2.24, 2.45) is 0 Å². The summed E-state index contributed by atoms with van der Waals surface area (Å²) in [5, 5.41) is -17.7. The van der Waals surface area contributed by atoms with Crippen LogP contribution in [-0.4, -0.2) is 70.4 Å². The fraction of sp³-hybridized carbons (Fsp3) is 0. The van der Waals surface area contributed by atoms with Gasteiger partial charge in [-0.2, -0.15) is 0 Å². The fourth-order valence-electron chi connectivity index (χ4n) is 6.35. The van der Waals surface area contributed by atoms with Crippen LogP contribution in [0.25, 0.3) is 0 Å². The van der Waals surface area contributed by atoms with Crippen molar-refractivity contribution in [2.45, 2.75) is 0 Å². The average Bonchev–Trinajstić information content (AvgIpc) is 0.673. The molecule has 8 aromatic carbocycles. The van der Waals surface area contributed by atoms with Crippen LogP contribution in [0.15, 0.2) is 242 Å². The summed E-state index contributed by atoms with van der Waals surface area (Å²) in [6.07, 6.45) is 0. The Balaban J connectivity index is 0.00000450. The van der Waals surface area contributed by atoms with E-state index in [0.29, 0.717) is 0 Å². The SMILES string of the molecule is [2H]c1c([2H])c([2H])c([Si]2([O-])O[Si]3(c4c([2H])c([2H])c([2H])c([2H])c4[2H])O[Si]([O-])(c4c([2H])c([2H])c([2H])c([2H])c4[2H])O[Si](c4c([2H])c([2H])c([2H])c([2H])c4[2H])(O2)O[Si]2(c4c([2H])c([2H])c([2H])c([2H])c4[2H])O[Si]([O-])(c4c([2H])c([2H])c([2H])c([2H])c4[2H])O[Si](c4c([2H])c([2H])c([2H])c([2H])c4[2H])(O[Si]([O-])(c4c([2H])c([2H])c([2H])c([2H])c4[2H])O2)O3)c([2H])c1[2H].[Na+].[Na+].[Na+].[Na+]. The Bertz CT molecular complexity index is 4580. The Morgan fingerprint density at radius 1 is 0.203 bits per heavy atom. The van der Waals surface area contributed by atoms with E-state index in [1.54, 1.807) is 0 Å². The van der Waals surface area contributed by atoms with E-state index in [2.05, 4.69) is 0 Å². The van der Waals surface area contributed by atoms with Crippen molar-refractivity contribution in [3.63, 3.8) is 0 Å². The maximum Gasteiger partial charge on any atom is 1.00 e. The molecule has 4 bridgehead atoms. The standard InChI is InChI=1S/C48H40O14Si8.4Na/c49-63(41-25-9-1-10-26-41)53-67(45-33-17-5-18-34-45)55-64(50,42-27-11-2-12-28-42)56-68(54-63,46-35-19-6-20-36-46)62-70(48-39-23-8-24-40-48)58-65(51,43-29-13-3-14-30-43)57-69(61-67,47-37-21-7-22-38-47)59-66(52,60-70)44-31-15-4-16-32-44;;;;/h1-40H;;;;/q-4;4*+1/i1D,2D,3D,4D,5D,6D,7D,8D,9D,10D,11D,12D,13D,14D,15D,16D,17D,18D,19D,20D,21D,22D,23D,24D,25D,26D,27D,28D,29D,30D,31D,32D,33D,34D,35D,36D,37D,38D,39D,40D;;;;. The average molecular weight is 1200 g/mol. The molecule has 0 N–H and O–H groups in total. The summed E-state index contributed by atoms with van der Waals surface area (Å²) in [6.45, 7) is 0. The predicted molar refractivity (Wildman–Crippen MR) is 265 cm³/mol. The summed E-state index contributed by atoms with van der Waals surface area (Å²) in [5.41, 5.74) is 0. The zero-order chi connectivity index (χ0) is 82.8. The maximum absolute atomic E-state index is 18.3. The van der Waals surface area contributed by atoms with E-state index in [4.69, 9.17) is 63.1 Å². The van der Waals surface area contributed by atoms with Crippen LogP contribution in [0.4, 0.5) is 0 Å². The van der Waals surface area contributed by atoms with Crippen molar-refractivity contribution in [3.8, 4) is 0 Å². The van der Waals surface area contributed by atoms with Crippen molar-refractivity contribution in [2.75, 3.05) is 0 Å². The minimum absolute atomic E-state index is 0. The van der Waals surface area contributed by atoms with Crippen LogP contribution in [0.3, 0.4) is 0 Å². The number of hydrogen-bond acceptors (Lipinski definition) is 14. The van der Waals surface area contributed by atoms with Crippen LogP contribution in [0.5, 0.6) is 0 Å². The van der Waals surface area contributed by atoms with Gasteiger partial charge in [0.2, 0.25) is 0 Å². The van der Waals surface area contributed by atoms with Gasteiger partial charge >= 0.3 is 153 Å². The number of fused-ring (bicyclic) bond motifs is 4. The molecule has 0 spiro atoms. The van der Waals surface area contributed by atoms with Crippen molar-refractivity contribution in [3.05, 3.63) is 242 Å². The fourth-order valence-corrected chi connectivity index (χ4v) is 40.8. The first-order valence-corrected chi connectivity index (χ1v) is 32.7. The minimum atomic E-state index is -8.62. The Morgan fingerprint density at radius 2 is 0.324 bits per heavy atom. The van der Waals surface area contributed by atoms with Gasteiger partial charge in [0.05, 0.1) is 54.8 Å². The minimum Gasteiger partial charge on any atom is -0.814 e. The van der Waals surface area contributed by atoms with Crippen molar-refractivity contribution < 1.29 is 233 Å². The van der Waals surface area contributed by atoms with E-state index in [1.807, 2.05) is 0 Å². The van der Waals surface area contributed by atoms with Crippen molar-refractivity contribution in [1.29, 1.82) is 0 Å². The van der Waals surface area contributed by atoms with Crippen LogP contribution in [0, 0.1) is 0 Å². The molecular weight excluding hydrogens is 1120 g/mol. The van der Waals surface area contributed by atoms with Crippen molar-refractivity contribution in [1.82, 2.24) is 0 Å². The van der Waals surface area contributed by atoms with Crippen LogP contribution in [0.2, 0.25) is 0 Å². The van der Waals surface area contributed by atoms with Gasteiger partial charge in [0.15, 0.2) is 0 Å². The molecule has 0 amide bonds. The number of hydrogen-bond donors (Lipinski definition) is 0. The van der Waals surface area contributed by atoms with E-state index in [9.17, 15) is 32.9 Å². The van der Waals surface area contributed by atoms with E-state index in [1.165, 1.54) is 0 Å². The van der Waals surface area contributed by atoms with Crippen LogP contribution >= 0.6 is 0 Å². The molecule has 12 rings (SSSR count). The first-order chi connectivity index (χ1) is 50.5. The Kier molecular flexibility index (Phi) is 8.92. The summed E-state index contributed by atoms with van der Waals surface area (Å²) >= 11 is 0. The molecule has 4 fully saturated rings. The molecule has 4 heterocycles. The van der Waals surface area contributed by atoms with E-state index in [0.717, 1.165) is 0 Å². The third-order valence-corrected chi connectivity index (χ3v) is 37.5. The van der Waals surface area contributed by atoms with Crippen LogP contribution < -0.4 is 179 Å². The molecule has 8 aromatic rings. The van der Waals surface area contributed by atoms with Gasteiger partial charge < -0.3 is 60.3 Å². The molecule has 0 aliphatic carbocycles. The quantitative estimate of drug-likeness (QED) is 0.131. The smallest absolute Gasteiger partial charge is 0.814 e. The summed E-state index contributed by atoms with van der Waals surface area (Å²) in [7, 11) is -68.0. The summed E-state index contributed by atoms with van der Waals surface area (Å²) in [4.78, 5) is 73.0. The molecule has 0 atom stereocenters. The van der Waals surface area contributed by atoms with Gasteiger partial charge in [-0.1, -0.05) is 242 Å². The van der Waals surface area contributed by atoms with E-state index < -0.39 is 354 Å². The van der Waals surface area contributed by atoms with Crippen LogP contribution in [0.1, 0.15) is 54.8 Å². The zero-order valence-electron chi connectivity index (χ0n) is 77.7. The summed E-state index contributed by atoms with van der Waals surface area (Å²) in [5.74, 6) is 0. The zero-order valence-corrected chi connectivity index (χ0v) is 53.7. The molecule has 0 unspecified atom stereocenters. The molecule has 4 saturated heterocycles. The number of rotatable bonds is 8. The monoisotopic (exact) mass is 1200 g/mol. The molecule has 4 aliphatic rings. The predicted octanol–water partition coefficient (Wildman–Crippen LogP) is -13.6. The van der Waals surface area contributed by atoms with Crippen molar-refractivity contribution >= 4 is 112 Å². The molecule has 4 aliphatic heterocycles. The largest absolute Gasteiger partial charge is 1.00 e. The molecule has 0 radical (unpaired) electrons. The summed E-state index contributed by atoms with van der Waals surface area (Å²) in [6, 6.07) is -73.1. The molecular formula is C48H40Na4O14Si8. The van der Waals surface area contributed by atoms with Gasteiger partial charge in [0, 0.05) is 20.7 Å². The molecule has 14 nitrogen and oxygen atoms in total.